The Morgan fingerprint density at radius 3 is 2.78 bits per heavy atom. The Morgan fingerprint density at radius 1 is 1.26 bits per heavy atom. The summed E-state index contributed by atoms with van der Waals surface area (Å²) in [5, 5.41) is 10.7. The normalized spacial score (nSPS) is 52.4. The minimum absolute atomic E-state index is 0.0988. The van der Waals surface area contributed by atoms with E-state index in [0.29, 0.717) is 29.5 Å². The van der Waals surface area contributed by atoms with Gasteiger partial charge in [-0.05, 0) is 79.1 Å². The molecule has 3 saturated carbocycles. The number of carbonyl (C=O) groups excluding carboxylic acids is 1. The van der Waals surface area contributed by atoms with Crippen LogP contribution >= 0.6 is 0 Å². The second-order valence-corrected chi connectivity index (χ2v) is 9.24. The van der Waals surface area contributed by atoms with Gasteiger partial charge >= 0.3 is 0 Å². The summed E-state index contributed by atoms with van der Waals surface area (Å²) in [6, 6.07) is 0. The van der Waals surface area contributed by atoms with Gasteiger partial charge in [0.25, 0.3) is 0 Å². The van der Waals surface area contributed by atoms with Gasteiger partial charge in [-0.25, -0.2) is 0 Å². The Hall–Kier alpha value is -0.630. The summed E-state index contributed by atoms with van der Waals surface area (Å²) in [7, 11) is 0. The smallest absolute Gasteiger partial charge is 0.155 e. The lowest BCUT2D eigenvalue weighted by Gasteiger charge is -2.58. The van der Waals surface area contributed by atoms with Crippen LogP contribution in [0.1, 0.15) is 65.7 Å². The first-order chi connectivity index (χ1) is 11.0. The molecule has 1 N–H and O–H groups in total. The first-order valence-corrected chi connectivity index (χ1v) is 9.87. The average molecular weight is 316 g/mol. The van der Waals surface area contributed by atoms with Gasteiger partial charge in [-0.3, -0.25) is 4.79 Å². The van der Waals surface area contributed by atoms with Crippen LogP contribution in [0.15, 0.2) is 11.6 Å². The molecule has 8 unspecified atom stereocenters. The summed E-state index contributed by atoms with van der Waals surface area (Å²) in [5.74, 6) is 4.60. The van der Waals surface area contributed by atoms with Gasteiger partial charge in [0.2, 0.25) is 0 Å². The molecular weight excluding hydrogens is 284 g/mol. The predicted octanol–water partition coefficient (Wildman–Crippen LogP) is 4.37. The number of allylic oxidation sites excluding steroid dienone is 1. The van der Waals surface area contributed by atoms with Crippen molar-refractivity contribution >= 4 is 5.78 Å². The van der Waals surface area contributed by atoms with Crippen molar-refractivity contribution < 1.29 is 9.90 Å². The molecule has 8 atom stereocenters. The van der Waals surface area contributed by atoms with Crippen LogP contribution in [0.3, 0.4) is 0 Å². The van der Waals surface area contributed by atoms with Crippen molar-refractivity contribution in [2.45, 2.75) is 71.8 Å². The Morgan fingerprint density at radius 2 is 2.04 bits per heavy atom. The fourth-order valence-corrected chi connectivity index (χ4v) is 7.32. The molecule has 4 aliphatic carbocycles. The third-order valence-electron chi connectivity index (χ3n) is 8.24. The molecule has 4 aliphatic rings. The molecule has 0 heterocycles. The minimum atomic E-state index is -0.0988. The third kappa shape index (κ3) is 2.20. The van der Waals surface area contributed by atoms with Crippen LogP contribution in [0.5, 0.6) is 0 Å². The van der Waals surface area contributed by atoms with Gasteiger partial charge in [-0.1, -0.05) is 32.8 Å². The van der Waals surface area contributed by atoms with Gasteiger partial charge in [-0.2, -0.15) is 0 Å². The van der Waals surface area contributed by atoms with Crippen LogP contribution in [-0.4, -0.2) is 17.0 Å². The van der Waals surface area contributed by atoms with E-state index >= 15 is 0 Å². The highest BCUT2D eigenvalue weighted by Crippen LogP contribution is 2.65. The summed E-state index contributed by atoms with van der Waals surface area (Å²) in [5.41, 5.74) is 1.61. The Balaban J connectivity index is 1.75. The molecule has 0 aromatic rings. The summed E-state index contributed by atoms with van der Waals surface area (Å²) in [4.78, 5) is 11.9. The van der Waals surface area contributed by atoms with Crippen LogP contribution in [-0.2, 0) is 4.79 Å². The maximum Gasteiger partial charge on any atom is 0.155 e. The molecule has 0 saturated heterocycles. The van der Waals surface area contributed by atoms with Crippen molar-refractivity contribution in [3.8, 4) is 0 Å². The molecule has 2 nitrogen and oxygen atoms in total. The van der Waals surface area contributed by atoms with E-state index in [-0.39, 0.29) is 11.5 Å². The highest BCUT2D eigenvalue weighted by Gasteiger charge is 2.60. The van der Waals surface area contributed by atoms with Gasteiger partial charge in [0.05, 0.1) is 6.10 Å². The average Bonchev–Trinajstić information content (AvgIpc) is 2.81. The van der Waals surface area contributed by atoms with Gasteiger partial charge in [0.15, 0.2) is 5.78 Å². The number of aliphatic hydroxyl groups excluding tert-OH is 1. The Bertz CT molecular complexity index is 536. The first kappa shape index (κ1) is 15.9. The van der Waals surface area contributed by atoms with Crippen LogP contribution in [0.25, 0.3) is 0 Å². The first-order valence-electron chi connectivity index (χ1n) is 9.87. The van der Waals surface area contributed by atoms with E-state index in [0.717, 1.165) is 37.5 Å². The molecule has 23 heavy (non-hydrogen) atoms. The van der Waals surface area contributed by atoms with E-state index in [2.05, 4.69) is 20.8 Å². The number of carbonyl (C=O) groups is 1. The molecule has 0 spiro atoms. The minimum Gasteiger partial charge on any atom is -0.393 e. The zero-order chi connectivity index (χ0) is 16.4. The van der Waals surface area contributed by atoms with Crippen LogP contribution < -0.4 is 0 Å². The summed E-state index contributed by atoms with van der Waals surface area (Å²) < 4.78 is 0. The molecular formula is C21H32O2. The lowest BCUT2D eigenvalue weighted by Crippen LogP contribution is -2.53. The molecule has 0 bridgehead atoms. The highest BCUT2D eigenvalue weighted by atomic mass is 16.3. The number of hydrogen-bond donors (Lipinski definition) is 1. The van der Waals surface area contributed by atoms with Crippen molar-refractivity contribution in [2.75, 3.05) is 0 Å². The zero-order valence-electron chi connectivity index (χ0n) is 14.9. The van der Waals surface area contributed by atoms with Crippen molar-refractivity contribution in [1.82, 2.24) is 0 Å². The number of ketones is 1. The Labute approximate surface area is 140 Å². The monoisotopic (exact) mass is 316 g/mol. The Kier molecular flexibility index (Phi) is 3.75. The summed E-state index contributed by atoms with van der Waals surface area (Å²) in [6.07, 6.45) is 9.50. The van der Waals surface area contributed by atoms with Gasteiger partial charge in [0.1, 0.15) is 0 Å². The van der Waals surface area contributed by atoms with Crippen LogP contribution in [0.2, 0.25) is 0 Å². The second-order valence-electron chi connectivity index (χ2n) is 9.24. The van der Waals surface area contributed by atoms with E-state index in [1.165, 1.54) is 24.8 Å². The number of hydrogen-bond acceptors (Lipinski definition) is 2. The molecule has 0 amide bonds. The lowest BCUT2D eigenvalue weighted by molar-refractivity contribution is -0.119. The number of fused-ring (bicyclic) bond motifs is 5. The van der Waals surface area contributed by atoms with E-state index in [1.807, 2.05) is 6.08 Å². The fourth-order valence-electron chi connectivity index (χ4n) is 7.32. The summed E-state index contributed by atoms with van der Waals surface area (Å²) in [6.45, 7) is 7.12. The lowest BCUT2D eigenvalue weighted by atomic mass is 9.46. The number of aliphatic hydroxyl groups is 1. The van der Waals surface area contributed by atoms with Gasteiger partial charge in [-0.15, -0.1) is 0 Å². The van der Waals surface area contributed by atoms with E-state index in [4.69, 9.17) is 0 Å². The third-order valence-corrected chi connectivity index (χ3v) is 8.24. The van der Waals surface area contributed by atoms with Crippen molar-refractivity contribution in [3.05, 3.63) is 11.6 Å². The zero-order valence-corrected chi connectivity index (χ0v) is 14.9. The van der Waals surface area contributed by atoms with Gasteiger partial charge < -0.3 is 5.11 Å². The molecule has 0 aliphatic heterocycles. The SMILES string of the molecule is CCC1CC2=CC(=O)CCC2C2C(C)CC3(C)C(O)CCC3C12. The molecule has 0 aromatic carbocycles. The standard InChI is InChI=1S/C21H32O2/c1-4-13-9-14-10-15(22)5-6-16(14)19-12(2)11-21(3)17(20(13)19)7-8-18(21)23/h10,12-13,16-20,23H,4-9,11H2,1-3H3. The second kappa shape index (κ2) is 5.44. The summed E-state index contributed by atoms with van der Waals surface area (Å²) >= 11 is 0. The number of rotatable bonds is 1. The fraction of sp³-hybridized carbons (Fsp3) is 0.857. The maximum absolute atomic E-state index is 11.9. The molecule has 3 fully saturated rings. The van der Waals surface area contributed by atoms with E-state index < -0.39 is 0 Å². The van der Waals surface area contributed by atoms with Gasteiger partial charge in [0, 0.05) is 6.42 Å². The molecule has 0 aromatic heterocycles. The van der Waals surface area contributed by atoms with Crippen LogP contribution in [0.4, 0.5) is 0 Å². The van der Waals surface area contributed by atoms with Crippen LogP contribution in [0, 0.1) is 40.9 Å². The van der Waals surface area contributed by atoms with Crippen molar-refractivity contribution in [3.63, 3.8) is 0 Å². The highest BCUT2D eigenvalue weighted by molar-refractivity contribution is 5.91. The molecule has 2 heteroatoms. The van der Waals surface area contributed by atoms with E-state index in [9.17, 15) is 9.90 Å². The van der Waals surface area contributed by atoms with Crippen molar-refractivity contribution in [2.24, 2.45) is 40.9 Å². The topological polar surface area (TPSA) is 37.3 Å². The molecule has 4 rings (SSSR count). The van der Waals surface area contributed by atoms with Crippen molar-refractivity contribution in [1.29, 1.82) is 0 Å². The molecule has 0 radical (unpaired) electrons. The van der Waals surface area contributed by atoms with E-state index in [1.54, 1.807) is 0 Å². The predicted molar refractivity (Wildman–Crippen MR) is 91.8 cm³/mol. The largest absolute Gasteiger partial charge is 0.393 e. The molecule has 128 valence electrons. The quantitative estimate of drug-likeness (QED) is 0.780. The maximum atomic E-state index is 11.9.